The molecule has 5 nitrogen and oxygen atoms in total. The van der Waals surface area contributed by atoms with Gasteiger partial charge in [-0.25, -0.2) is 5.43 Å². The largest absolute Gasteiger partial charge is 0.361 e. The fourth-order valence-corrected chi connectivity index (χ4v) is 1.02. The van der Waals surface area contributed by atoms with Gasteiger partial charge in [0, 0.05) is 11.6 Å². The molecule has 2 amide bonds. The molecule has 0 aliphatic heterocycles. The Morgan fingerprint density at radius 1 is 1.27 bits per heavy atom. The molecule has 15 heavy (non-hydrogen) atoms. The number of rotatable bonds is 3. The first-order valence-electron chi connectivity index (χ1n) is 4.16. The maximum absolute atomic E-state index is 10.7. The SMILES string of the molecule is NC(=O)C(=O)NNCc1ccc(Cl)cc1. The topological polar surface area (TPSA) is 84.2 Å². The number of halogens is 1. The number of nitrogens with one attached hydrogen (secondary N) is 2. The average Bonchev–Trinajstić information content (AvgIpc) is 2.20. The highest BCUT2D eigenvalue weighted by molar-refractivity contribution is 6.34. The lowest BCUT2D eigenvalue weighted by Crippen LogP contribution is -2.43. The summed E-state index contributed by atoms with van der Waals surface area (Å²) >= 11 is 5.69. The van der Waals surface area contributed by atoms with E-state index in [1.165, 1.54) is 0 Å². The van der Waals surface area contributed by atoms with Crippen molar-refractivity contribution in [2.24, 2.45) is 5.73 Å². The van der Waals surface area contributed by atoms with E-state index in [1.54, 1.807) is 24.3 Å². The van der Waals surface area contributed by atoms with Crippen molar-refractivity contribution < 1.29 is 9.59 Å². The predicted molar refractivity (Wildman–Crippen MR) is 55.6 cm³/mol. The first-order chi connectivity index (χ1) is 7.09. The molecule has 0 aliphatic rings. The summed E-state index contributed by atoms with van der Waals surface area (Å²) in [6, 6.07) is 7.06. The van der Waals surface area contributed by atoms with Crippen LogP contribution in [0.3, 0.4) is 0 Å². The van der Waals surface area contributed by atoms with Gasteiger partial charge in [0.1, 0.15) is 0 Å². The van der Waals surface area contributed by atoms with E-state index < -0.39 is 11.8 Å². The molecule has 0 atom stereocenters. The molecule has 0 aliphatic carbocycles. The molecule has 1 aromatic rings. The molecule has 0 spiro atoms. The van der Waals surface area contributed by atoms with Crippen molar-refractivity contribution in [2.45, 2.75) is 6.54 Å². The van der Waals surface area contributed by atoms with Crippen molar-refractivity contribution in [1.29, 1.82) is 0 Å². The summed E-state index contributed by atoms with van der Waals surface area (Å²) in [5.41, 5.74) is 10.4. The van der Waals surface area contributed by atoms with Crippen LogP contribution >= 0.6 is 11.6 Å². The lowest BCUT2D eigenvalue weighted by molar-refractivity contribution is -0.137. The van der Waals surface area contributed by atoms with Crippen LogP contribution in [0.5, 0.6) is 0 Å². The number of nitrogens with two attached hydrogens (primary N) is 1. The van der Waals surface area contributed by atoms with Crippen molar-refractivity contribution >= 4 is 23.4 Å². The molecule has 0 bridgehead atoms. The van der Waals surface area contributed by atoms with Crippen LogP contribution in [0, 0.1) is 0 Å². The maximum Gasteiger partial charge on any atom is 0.323 e. The van der Waals surface area contributed by atoms with E-state index in [-0.39, 0.29) is 0 Å². The minimum absolute atomic E-state index is 0.385. The van der Waals surface area contributed by atoms with Crippen LogP contribution in [0.4, 0.5) is 0 Å². The lowest BCUT2D eigenvalue weighted by Gasteiger charge is -2.04. The van der Waals surface area contributed by atoms with Gasteiger partial charge in [-0.1, -0.05) is 23.7 Å². The highest BCUT2D eigenvalue weighted by Gasteiger charge is 2.06. The number of benzene rings is 1. The second-order valence-electron chi connectivity index (χ2n) is 2.80. The number of hydrogen-bond acceptors (Lipinski definition) is 3. The molecule has 0 aromatic heterocycles. The van der Waals surface area contributed by atoms with Crippen LogP contribution in [0.25, 0.3) is 0 Å². The standard InChI is InChI=1S/C9H10ClN3O2/c10-7-3-1-6(2-4-7)5-12-13-9(15)8(11)14/h1-4,12H,5H2,(H2,11,14)(H,13,15). The maximum atomic E-state index is 10.7. The Morgan fingerprint density at radius 3 is 2.40 bits per heavy atom. The normalized spacial score (nSPS) is 9.67. The van der Waals surface area contributed by atoms with Crippen LogP contribution in [0.15, 0.2) is 24.3 Å². The van der Waals surface area contributed by atoms with Gasteiger partial charge in [-0.3, -0.25) is 15.0 Å². The Kier molecular flexibility index (Phi) is 4.08. The summed E-state index contributed by atoms with van der Waals surface area (Å²) in [6.45, 7) is 0.385. The summed E-state index contributed by atoms with van der Waals surface area (Å²) in [6.07, 6.45) is 0. The molecule has 1 rings (SSSR count). The Balaban J connectivity index is 2.35. The van der Waals surface area contributed by atoms with E-state index in [1.807, 2.05) is 0 Å². The van der Waals surface area contributed by atoms with Gasteiger partial charge in [0.25, 0.3) is 0 Å². The third-order valence-electron chi connectivity index (χ3n) is 1.63. The zero-order chi connectivity index (χ0) is 11.3. The van der Waals surface area contributed by atoms with Gasteiger partial charge in [-0.05, 0) is 17.7 Å². The third-order valence-corrected chi connectivity index (χ3v) is 1.88. The molecule has 0 saturated heterocycles. The minimum Gasteiger partial charge on any atom is -0.361 e. The third kappa shape index (κ3) is 3.97. The molecule has 0 heterocycles. The Hall–Kier alpha value is -1.59. The summed E-state index contributed by atoms with van der Waals surface area (Å²) in [5.74, 6) is -1.90. The van der Waals surface area contributed by atoms with E-state index in [9.17, 15) is 9.59 Å². The van der Waals surface area contributed by atoms with Gasteiger partial charge >= 0.3 is 11.8 Å². The summed E-state index contributed by atoms with van der Waals surface area (Å²) in [5, 5.41) is 0.639. The van der Waals surface area contributed by atoms with Crippen molar-refractivity contribution in [3.63, 3.8) is 0 Å². The average molecular weight is 228 g/mol. The highest BCUT2D eigenvalue weighted by Crippen LogP contribution is 2.08. The van der Waals surface area contributed by atoms with Crippen LogP contribution < -0.4 is 16.6 Å². The lowest BCUT2D eigenvalue weighted by atomic mass is 10.2. The van der Waals surface area contributed by atoms with Crippen LogP contribution in [-0.2, 0) is 16.1 Å². The molecule has 0 saturated carbocycles. The zero-order valence-electron chi connectivity index (χ0n) is 7.79. The van der Waals surface area contributed by atoms with Gasteiger partial charge in [0.15, 0.2) is 0 Å². The van der Waals surface area contributed by atoms with Crippen molar-refractivity contribution in [3.05, 3.63) is 34.9 Å². The summed E-state index contributed by atoms with van der Waals surface area (Å²) in [7, 11) is 0. The van der Waals surface area contributed by atoms with Gasteiger partial charge in [0.05, 0.1) is 0 Å². The van der Waals surface area contributed by atoms with Gasteiger partial charge in [-0.2, -0.15) is 0 Å². The summed E-state index contributed by atoms with van der Waals surface area (Å²) < 4.78 is 0. The molecule has 1 aromatic carbocycles. The van der Waals surface area contributed by atoms with Gasteiger partial charge < -0.3 is 5.73 Å². The smallest absolute Gasteiger partial charge is 0.323 e. The van der Waals surface area contributed by atoms with Crippen molar-refractivity contribution in [3.8, 4) is 0 Å². The van der Waals surface area contributed by atoms with Crippen molar-refractivity contribution in [2.75, 3.05) is 0 Å². The number of carbonyl (C=O) groups excluding carboxylic acids is 2. The van der Waals surface area contributed by atoms with E-state index in [0.717, 1.165) is 5.56 Å². The van der Waals surface area contributed by atoms with Crippen LogP contribution in [-0.4, -0.2) is 11.8 Å². The Labute approximate surface area is 91.6 Å². The molecular weight excluding hydrogens is 218 g/mol. The van der Waals surface area contributed by atoms with Crippen LogP contribution in [0.1, 0.15) is 5.56 Å². The zero-order valence-corrected chi connectivity index (χ0v) is 8.54. The molecule has 0 fully saturated rings. The van der Waals surface area contributed by atoms with Gasteiger partial charge in [0.2, 0.25) is 0 Å². The minimum atomic E-state index is -1.03. The van der Waals surface area contributed by atoms with E-state index >= 15 is 0 Å². The number of hydrazine groups is 1. The molecule has 4 N–H and O–H groups in total. The first kappa shape index (κ1) is 11.5. The fraction of sp³-hybridized carbons (Fsp3) is 0.111. The number of carbonyl (C=O) groups is 2. The first-order valence-corrected chi connectivity index (χ1v) is 4.54. The van der Waals surface area contributed by atoms with E-state index in [4.69, 9.17) is 17.3 Å². The van der Waals surface area contributed by atoms with E-state index in [2.05, 4.69) is 10.9 Å². The second-order valence-corrected chi connectivity index (χ2v) is 3.23. The van der Waals surface area contributed by atoms with E-state index in [0.29, 0.717) is 11.6 Å². The quantitative estimate of drug-likeness (QED) is 0.500. The summed E-state index contributed by atoms with van der Waals surface area (Å²) in [4.78, 5) is 21.1. The number of hydrogen-bond donors (Lipinski definition) is 3. The molecule has 0 unspecified atom stereocenters. The second kappa shape index (κ2) is 5.33. The molecular formula is C9H10ClN3O2. The predicted octanol–water partition coefficient (Wildman–Crippen LogP) is -0.0539. The Bertz CT molecular complexity index is 364. The Morgan fingerprint density at radius 2 is 1.87 bits per heavy atom. The molecule has 6 heteroatoms. The monoisotopic (exact) mass is 227 g/mol. The number of primary amides is 1. The fourth-order valence-electron chi connectivity index (χ4n) is 0.890. The molecule has 80 valence electrons. The van der Waals surface area contributed by atoms with Gasteiger partial charge in [-0.15, -0.1) is 0 Å². The van der Waals surface area contributed by atoms with Crippen molar-refractivity contribution in [1.82, 2.24) is 10.9 Å². The highest BCUT2D eigenvalue weighted by atomic mass is 35.5. The number of amides is 2. The van der Waals surface area contributed by atoms with Crippen LogP contribution in [0.2, 0.25) is 5.02 Å². The molecule has 0 radical (unpaired) electrons.